The monoisotopic (exact) mass is 498 g/mol. The van der Waals surface area contributed by atoms with Crippen LogP contribution >= 0.6 is 0 Å². The molecule has 186 valence electrons. The quantitative estimate of drug-likeness (QED) is 0.490. The summed E-state index contributed by atoms with van der Waals surface area (Å²) in [7, 11) is 1.02. The summed E-state index contributed by atoms with van der Waals surface area (Å²) in [6, 6.07) is 12.7. The minimum absolute atomic E-state index is 0.202. The maximum absolute atomic E-state index is 13.4. The van der Waals surface area contributed by atoms with Crippen molar-refractivity contribution in [2.75, 3.05) is 52.4 Å². The molecule has 0 N–H and O–H groups in total. The van der Waals surface area contributed by atoms with Crippen molar-refractivity contribution in [3.05, 3.63) is 53.6 Å². The average Bonchev–Trinajstić information content (AvgIpc) is 2.89. The Bertz CT molecular complexity index is 1300. The predicted molar refractivity (Wildman–Crippen MR) is 134 cm³/mol. The first kappa shape index (κ1) is 24.7. The zero-order valence-electron chi connectivity index (χ0n) is 20.6. The number of aromatic nitrogens is 2. The third kappa shape index (κ3) is 4.89. The van der Waals surface area contributed by atoms with Crippen LogP contribution in [-0.2, 0) is 10.0 Å². The fraction of sp³-hybridized carbons (Fsp3) is 0.360. The van der Waals surface area contributed by atoms with Crippen molar-refractivity contribution >= 4 is 15.8 Å². The Balaban J connectivity index is 1.49. The molecule has 10 heteroatoms. The van der Waals surface area contributed by atoms with E-state index >= 15 is 0 Å². The van der Waals surface area contributed by atoms with Gasteiger partial charge in [0.25, 0.3) is 0 Å². The number of rotatable bonds is 7. The van der Waals surface area contributed by atoms with E-state index in [1.807, 2.05) is 49.1 Å². The summed E-state index contributed by atoms with van der Waals surface area (Å²) in [4.78, 5) is 2.23. The number of piperazine rings is 1. The highest BCUT2D eigenvalue weighted by Gasteiger charge is 2.31. The number of hydrogen-bond donors (Lipinski definition) is 0. The minimum atomic E-state index is -3.69. The summed E-state index contributed by atoms with van der Waals surface area (Å²) >= 11 is 0. The summed E-state index contributed by atoms with van der Waals surface area (Å²) in [6.45, 7) is 5.52. The number of methoxy groups -OCH3 is 3. The third-order valence-electron chi connectivity index (χ3n) is 6.29. The van der Waals surface area contributed by atoms with Crippen molar-refractivity contribution in [1.29, 1.82) is 0 Å². The van der Waals surface area contributed by atoms with Crippen LogP contribution in [0.2, 0.25) is 0 Å². The molecule has 0 bridgehead atoms. The first-order valence-electron chi connectivity index (χ1n) is 11.2. The van der Waals surface area contributed by atoms with Gasteiger partial charge in [0.05, 0.1) is 27.0 Å². The van der Waals surface area contributed by atoms with E-state index in [9.17, 15) is 8.42 Å². The second-order valence-electron chi connectivity index (χ2n) is 8.32. The van der Waals surface area contributed by atoms with E-state index in [-0.39, 0.29) is 4.90 Å². The Kier molecular flexibility index (Phi) is 7.13. The summed E-state index contributed by atoms with van der Waals surface area (Å²) in [6.07, 6.45) is 0. The molecule has 1 fully saturated rings. The Hall–Kier alpha value is -3.37. The summed E-state index contributed by atoms with van der Waals surface area (Å²) in [5.41, 5.74) is 3.34. The largest absolute Gasteiger partial charge is 0.497 e. The van der Waals surface area contributed by atoms with E-state index in [4.69, 9.17) is 14.2 Å². The maximum atomic E-state index is 13.4. The fourth-order valence-corrected chi connectivity index (χ4v) is 5.72. The van der Waals surface area contributed by atoms with Crippen LogP contribution in [0.25, 0.3) is 11.3 Å². The first-order valence-corrected chi connectivity index (χ1v) is 12.7. The van der Waals surface area contributed by atoms with Gasteiger partial charge in [-0.25, -0.2) is 8.42 Å². The summed E-state index contributed by atoms with van der Waals surface area (Å²) in [5, 5.41) is 8.78. The minimum Gasteiger partial charge on any atom is -0.497 e. The molecule has 0 amide bonds. The van der Waals surface area contributed by atoms with E-state index in [2.05, 4.69) is 10.2 Å². The van der Waals surface area contributed by atoms with E-state index in [1.54, 1.807) is 26.4 Å². The van der Waals surface area contributed by atoms with E-state index in [0.717, 1.165) is 16.7 Å². The molecule has 4 rings (SSSR count). The number of ether oxygens (including phenoxy) is 3. The molecule has 3 aromatic rings. The first-order chi connectivity index (χ1) is 16.8. The topological polar surface area (TPSA) is 94.1 Å². The standard InChI is InChI=1S/C25H30N4O5S/c1-17-14-23(34-5)24(15-18(17)2)35(30,31)29-12-10-28(11-13-29)25-9-7-21(26-27-25)20-16-19(32-3)6-8-22(20)33-4/h6-9,14-16H,10-13H2,1-5H3. The Morgan fingerprint density at radius 2 is 1.46 bits per heavy atom. The maximum Gasteiger partial charge on any atom is 0.246 e. The lowest BCUT2D eigenvalue weighted by atomic mass is 10.1. The van der Waals surface area contributed by atoms with E-state index in [0.29, 0.717) is 54.9 Å². The van der Waals surface area contributed by atoms with Crippen LogP contribution in [0.3, 0.4) is 0 Å². The van der Waals surface area contributed by atoms with Gasteiger partial charge in [0.1, 0.15) is 22.1 Å². The van der Waals surface area contributed by atoms with Crippen LogP contribution in [0.1, 0.15) is 11.1 Å². The molecule has 9 nitrogen and oxygen atoms in total. The van der Waals surface area contributed by atoms with Crippen LogP contribution in [0.15, 0.2) is 47.4 Å². The molecule has 2 aromatic carbocycles. The number of benzene rings is 2. The molecule has 1 saturated heterocycles. The number of sulfonamides is 1. The SMILES string of the molecule is COc1ccc(OC)c(-c2ccc(N3CCN(S(=O)(=O)c4cc(C)c(C)cc4OC)CC3)nn2)c1. The molecule has 0 atom stereocenters. The van der Waals surface area contributed by atoms with Gasteiger partial charge in [0.15, 0.2) is 5.82 Å². The average molecular weight is 499 g/mol. The number of anilines is 1. The van der Waals surface area contributed by atoms with Crippen LogP contribution < -0.4 is 19.1 Å². The molecule has 1 aromatic heterocycles. The molecule has 0 saturated carbocycles. The van der Waals surface area contributed by atoms with Crippen molar-refractivity contribution < 1.29 is 22.6 Å². The summed E-state index contributed by atoms with van der Waals surface area (Å²) in [5.74, 6) is 2.43. The summed E-state index contributed by atoms with van der Waals surface area (Å²) < 4.78 is 44.4. The van der Waals surface area contributed by atoms with Gasteiger partial charge in [0.2, 0.25) is 10.0 Å². The molecular formula is C25H30N4O5S. The van der Waals surface area contributed by atoms with Crippen LogP contribution in [0, 0.1) is 13.8 Å². The van der Waals surface area contributed by atoms with E-state index in [1.165, 1.54) is 11.4 Å². The Labute approximate surface area is 206 Å². The number of nitrogens with zero attached hydrogens (tertiary/aromatic N) is 4. The van der Waals surface area contributed by atoms with Gasteiger partial charge in [-0.2, -0.15) is 4.31 Å². The lowest BCUT2D eigenvalue weighted by Gasteiger charge is -2.34. The molecule has 0 unspecified atom stereocenters. The molecule has 1 aliphatic heterocycles. The van der Waals surface area contributed by atoms with Gasteiger partial charge >= 0.3 is 0 Å². The smallest absolute Gasteiger partial charge is 0.246 e. The Morgan fingerprint density at radius 3 is 2.06 bits per heavy atom. The zero-order valence-corrected chi connectivity index (χ0v) is 21.4. The second kappa shape index (κ2) is 10.1. The zero-order chi connectivity index (χ0) is 25.2. The molecule has 0 radical (unpaired) electrons. The van der Waals surface area contributed by atoms with Gasteiger partial charge in [-0.1, -0.05) is 0 Å². The van der Waals surface area contributed by atoms with Crippen LogP contribution in [0.4, 0.5) is 5.82 Å². The highest BCUT2D eigenvalue weighted by Crippen LogP contribution is 2.33. The lowest BCUT2D eigenvalue weighted by molar-refractivity contribution is 0.373. The molecule has 1 aliphatic rings. The molecular weight excluding hydrogens is 468 g/mol. The van der Waals surface area contributed by atoms with Gasteiger partial charge in [-0.05, 0) is 67.4 Å². The second-order valence-corrected chi connectivity index (χ2v) is 10.2. The van der Waals surface area contributed by atoms with Gasteiger partial charge < -0.3 is 19.1 Å². The normalized spacial score (nSPS) is 14.6. The lowest BCUT2D eigenvalue weighted by Crippen LogP contribution is -2.49. The fourth-order valence-electron chi connectivity index (χ4n) is 4.07. The van der Waals surface area contributed by atoms with Crippen molar-refractivity contribution in [3.8, 4) is 28.5 Å². The third-order valence-corrected chi connectivity index (χ3v) is 8.21. The van der Waals surface area contributed by atoms with Crippen molar-refractivity contribution in [2.45, 2.75) is 18.7 Å². The van der Waals surface area contributed by atoms with Crippen molar-refractivity contribution in [3.63, 3.8) is 0 Å². The van der Waals surface area contributed by atoms with Crippen molar-refractivity contribution in [1.82, 2.24) is 14.5 Å². The highest BCUT2D eigenvalue weighted by atomic mass is 32.2. The number of aryl methyl sites for hydroxylation is 2. The van der Waals surface area contributed by atoms with Crippen LogP contribution in [0.5, 0.6) is 17.2 Å². The molecule has 0 aliphatic carbocycles. The molecule has 35 heavy (non-hydrogen) atoms. The van der Waals surface area contributed by atoms with Gasteiger partial charge in [0, 0.05) is 31.7 Å². The number of hydrogen-bond acceptors (Lipinski definition) is 8. The van der Waals surface area contributed by atoms with E-state index < -0.39 is 10.0 Å². The van der Waals surface area contributed by atoms with Crippen molar-refractivity contribution in [2.24, 2.45) is 0 Å². The van der Waals surface area contributed by atoms with Gasteiger partial charge in [-0.3, -0.25) is 0 Å². The Morgan fingerprint density at radius 1 is 0.771 bits per heavy atom. The predicted octanol–water partition coefficient (Wildman–Crippen LogP) is 3.30. The van der Waals surface area contributed by atoms with Crippen LogP contribution in [-0.4, -0.2) is 70.4 Å². The van der Waals surface area contributed by atoms with Gasteiger partial charge in [-0.15, -0.1) is 10.2 Å². The highest BCUT2D eigenvalue weighted by molar-refractivity contribution is 7.89. The molecule has 2 heterocycles. The molecule has 0 spiro atoms.